The van der Waals surface area contributed by atoms with Crippen LogP contribution in [0.3, 0.4) is 0 Å². The molecule has 0 heterocycles. The van der Waals surface area contributed by atoms with E-state index in [1.807, 2.05) is 0 Å². The maximum absolute atomic E-state index is 9.68. The second-order valence-electron chi connectivity index (χ2n) is 1.76. The summed E-state index contributed by atoms with van der Waals surface area (Å²) < 4.78 is 0. The third kappa shape index (κ3) is 11.8. The maximum atomic E-state index is 9.68. The van der Waals surface area contributed by atoms with E-state index < -0.39 is 12.1 Å². The molecule has 0 spiro atoms. The zero-order chi connectivity index (χ0) is 6.57. The number of rotatable bonds is 3. The van der Waals surface area contributed by atoms with E-state index in [-0.39, 0.29) is 42.4 Å². The quantitative estimate of drug-likeness (QED) is 0.405. The molecule has 4 heteroatoms. The molecular formula is C5H9NaO3. The van der Waals surface area contributed by atoms with E-state index in [1.165, 1.54) is 0 Å². The molecule has 0 amide bonds. The fraction of sp³-hybridized carbons (Fsp3) is 0.800. The predicted octanol–water partition coefficient (Wildman–Crippen LogP) is -4.10. The number of aliphatic hydroxyl groups excluding tert-OH is 1. The van der Waals surface area contributed by atoms with Gasteiger partial charge in [-0.05, 0) is 19.8 Å². The molecule has 0 fully saturated rings. The van der Waals surface area contributed by atoms with Crippen LogP contribution in [0.2, 0.25) is 0 Å². The van der Waals surface area contributed by atoms with Gasteiger partial charge < -0.3 is 15.0 Å². The summed E-state index contributed by atoms with van der Waals surface area (Å²) in [7, 11) is 0. The maximum Gasteiger partial charge on any atom is 1.00 e. The van der Waals surface area contributed by atoms with Gasteiger partial charge in [-0.15, -0.1) is 0 Å². The van der Waals surface area contributed by atoms with E-state index >= 15 is 0 Å². The molecule has 0 aromatic carbocycles. The van der Waals surface area contributed by atoms with Gasteiger partial charge >= 0.3 is 29.6 Å². The van der Waals surface area contributed by atoms with Crippen molar-refractivity contribution in [3.05, 3.63) is 0 Å². The first-order valence-electron chi connectivity index (χ1n) is 2.51. The van der Waals surface area contributed by atoms with E-state index in [0.29, 0.717) is 0 Å². The molecule has 0 rings (SSSR count). The Labute approximate surface area is 76.4 Å². The van der Waals surface area contributed by atoms with Crippen LogP contribution in [-0.2, 0) is 4.79 Å². The van der Waals surface area contributed by atoms with Crippen LogP contribution in [0.5, 0.6) is 0 Å². The van der Waals surface area contributed by atoms with Gasteiger partial charge in [-0.25, -0.2) is 0 Å². The van der Waals surface area contributed by atoms with E-state index in [0.717, 1.165) is 0 Å². The summed E-state index contributed by atoms with van der Waals surface area (Å²) in [5.41, 5.74) is 0. The summed E-state index contributed by atoms with van der Waals surface area (Å²) in [5.74, 6) is -1.11. The van der Waals surface area contributed by atoms with Gasteiger partial charge in [-0.2, -0.15) is 0 Å². The first-order chi connectivity index (χ1) is 3.63. The van der Waals surface area contributed by atoms with E-state index in [4.69, 9.17) is 5.11 Å². The van der Waals surface area contributed by atoms with Gasteiger partial charge in [0.1, 0.15) is 0 Å². The smallest absolute Gasteiger partial charge is 0.550 e. The van der Waals surface area contributed by atoms with Crippen LogP contribution in [0.4, 0.5) is 0 Å². The Morgan fingerprint density at radius 3 is 2.33 bits per heavy atom. The summed E-state index contributed by atoms with van der Waals surface area (Å²) in [4.78, 5) is 9.68. The Morgan fingerprint density at radius 2 is 2.22 bits per heavy atom. The molecule has 0 aromatic rings. The van der Waals surface area contributed by atoms with Crippen LogP contribution in [0.15, 0.2) is 0 Å². The van der Waals surface area contributed by atoms with Crippen LogP contribution in [0, 0.1) is 0 Å². The van der Waals surface area contributed by atoms with Crippen LogP contribution in [0.25, 0.3) is 0 Å². The average Bonchev–Trinajstić information content (AvgIpc) is 1.61. The van der Waals surface area contributed by atoms with Crippen molar-refractivity contribution >= 4 is 5.97 Å². The molecule has 0 aromatic heterocycles. The van der Waals surface area contributed by atoms with Gasteiger partial charge in [0.2, 0.25) is 0 Å². The SMILES string of the molecule is C[C@H](O)CCC(=O)[O-].[Na+]. The molecule has 1 N–H and O–H groups in total. The molecular weight excluding hydrogens is 131 g/mol. The molecule has 0 aliphatic heterocycles. The minimum Gasteiger partial charge on any atom is -0.550 e. The first-order valence-corrected chi connectivity index (χ1v) is 2.51. The Morgan fingerprint density at radius 1 is 1.78 bits per heavy atom. The van der Waals surface area contributed by atoms with Crippen LogP contribution < -0.4 is 34.7 Å². The van der Waals surface area contributed by atoms with Gasteiger partial charge in [-0.1, -0.05) is 0 Å². The Balaban J connectivity index is 0. The van der Waals surface area contributed by atoms with Crippen LogP contribution in [0.1, 0.15) is 19.8 Å². The Hall–Kier alpha value is 0.430. The van der Waals surface area contributed by atoms with Crippen LogP contribution in [-0.4, -0.2) is 17.2 Å². The van der Waals surface area contributed by atoms with Crippen molar-refractivity contribution in [3.63, 3.8) is 0 Å². The zero-order valence-corrected chi connectivity index (χ0v) is 7.76. The number of carboxylic acids is 1. The third-order valence-corrected chi connectivity index (χ3v) is 0.766. The van der Waals surface area contributed by atoms with Crippen molar-refractivity contribution < 1.29 is 44.6 Å². The molecule has 0 aliphatic carbocycles. The number of carboxylic acid groups (broad SMARTS) is 1. The molecule has 1 atom stereocenters. The van der Waals surface area contributed by atoms with Crippen molar-refractivity contribution in [2.45, 2.75) is 25.9 Å². The molecule has 0 bridgehead atoms. The molecule has 0 saturated heterocycles. The fourth-order valence-corrected chi connectivity index (χ4v) is 0.327. The van der Waals surface area contributed by atoms with Crippen molar-refractivity contribution in [1.29, 1.82) is 0 Å². The minimum atomic E-state index is -1.11. The van der Waals surface area contributed by atoms with Gasteiger partial charge in [-0.3, -0.25) is 0 Å². The fourth-order valence-electron chi connectivity index (χ4n) is 0.327. The van der Waals surface area contributed by atoms with Crippen molar-refractivity contribution in [2.24, 2.45) is 0 Å². The van der Waals surface area contributed by atoms with Gasteiger partial charge in [0, 0.05) is 5.97 Å². The summed E-state index contributed by atoms with van der Waals surface area (Å²) in [6.07, 6.45) is -0.312. The molecule has 0 aliphatic rings. The third-order valence-electron chi connectivity index (χ3n) is 0.766. The normalized spacial score (nSPS) is 11.8. The van der Waals surface area contributed by atoms with Gasteiger partial charge in [0.05, 0.1) is 6.10 Å². The van der Waals surface area contributed by atoms with Crippen LogP contribution >= 0.6 is 0 Å². The second kappa shape index (κ2) is 6.55. The molecule has 9 heavy (non-hydrogen) atoms. The minimum absolute atomic E-state index is 0. The number of hydrogen-bond donors (Lipinski definition) is 1. The van der Waals surface area contributed by atoms with E-state index in [2.05, 4.69) is 0 Å². The number of carbonyl (C=O) groups excluding carboxylic acids is 1. The number of hydrogen-bond acceptors (Lipinski definition) is 3. The number of aliphatic carboxylic acids is 1. The van der Waals surface area contributed by atoms with E-state index in [1.54, 1.807) is 6.92 Å². The summed E-state index contributed by atoms with van der Waals surface area (Å²) in [6, 6.07) is 0. The molecule has 48 valence electrons. The van der Waals surface area contributed by atoms with Crippen molar-refractivity contribution in [3.8, 4) is 0 Å². The predicted molar refractivity (Wildman–Crippen MR) is 25.9 cm³/mol. The molecule has 0 unspecified atom stereocenters. The standard InChI is InChI=1S/C5H10O3.Na/c1-4(6)2-3-5(7)8;/h4,6H,2-3H2,1H3,(H,7,8);/q;+1/p-1/t4-;/m0./s1. The summed E-state index contributed by atoms with van der Waals surface area (Å²) in [5, 5.41) is 18.2. The van der Waals surface area contributed by atoms with Gasteiger partial charge in [0.15, 0.2) is 0 Å². The second-order valence-corrected chi connectivity index (χ2v) is 1.76. The van der Waals surface area contributed by atoms with E-state index in [9.17, 15) is 9.90 Å². The van der Waals surface area contributed by atoms with Crippen molar-refractivity contribution in [2.75, 3.05) is 0 Å². The summed E-state index contributed by atoms with van der Waals surface area (Å²) in [6.45, 7) is 1.54. The zero-order valence-electron chi connectivity index (χ0n) is 5.76. The average molecular weight is 140 g/mol. The molecule has 0 radical (unpaired) electrons. The van der Waals surface area contributed by atoms with Gasteiger partial charge in [0.25, 0.3) is 0 Å². The summed E-state index contributed by atoms with van der Waals surface area (Å²) >= 11 is 0. The largest absolute Gasteiger partial charge is 1.00 e. The molecule has 3 nitrogen and oxygen atoms in total. The number of aliphatic hydroxyl groups is 1. The Kier molecular flexibility index (Phi) is 8.83. The number of carbonyl (C=O) groups is 1. The Bertz CT molecular complexity index is 82.3. The topological polar surface area (TPSA) is 60.4 Å². The first kappa shape index (κ1) is 12.1. The van der Waals surface area contributed by atoms with Crippen molar-refractivity contribution in [1.82, 2.24) is 0 Å². The monoisotopic (exact) mass is 140 g/mol. The molecule has 0 saturated carbocycles.